The number of carbonyl (C=O) groups excluding carboxylic acids is 2. The number of carboxylic acids is 2. The molecule has 0 aliphatic carbocycles. The van der Waals surface area contributed by atoms with Gasteiger partial charge in [0.15, 0.2) is 5.66 Å². The maximum Gasteiger partial charge on any atom is 0.303 e. The summed E-state index contributed by atoms with van der Waals surface area (Å²) < 4.78 is 0. The molecule has 5 heterocycles. The van der Waals surface area contributed by atoms with Crippen LogP contribution in [0.25, 0.3) is 0 Å². The zero-order valence-electron chi connectivity index (χ0n) is 26.4. The van der Waals surface area contributed by atoms with Crippen molar-refractivity contribution in [2.24, 2.45) is 11.8 Å². The maximum absolute atomic E-state index is 12.6. The summed E-state index contributed by atoms with van der Waals surface area (Å²) in [6.07, 6.45) is 6.76. The Morgan fingerprint density at radius 3 is 2.29 bits per heavy atom. The first-order valence-corrected chi connectivity index (χ1v) is 16.0. The molecule has 0 aromatic heterocycles. The molecule has 45 heavy (non-hydrogen) atoms. The standard InChI is InChI=1S/C33H43N5O6S/c1-7-20-15(2)24(35-32(20)44)12-23-16(3)21(8-10-28(39)40)26(34-23)14-33-22(9-11-29(41)42)17(4)27(38(33)37-33)13-25-30(19(6)45)18(5)31(43)36-25/h7,13-14,18-19,23-25,30,34,37,45H,1,8-12H2,2-6H3,(H,35,44)(H,36,43)(H,39,40)(H,41,42)/b26-14-,27-13+/t18-,19-,23?,24-,25?,30+,33-,38?/m1/s1. The lowest BCUT2D eigenvalue weighted by Crippen LogP contribution is -2.36. The lowest BCUT2D eigenvalue weighted by atomic mass is 9.88. The van der Waals surface area contributed by atoms with Crippen LogP contribution in [0.4, 0.5) is 0 Å². The van der Waals surface area contributed by atoms with Crippen LogP contribution < -0.4 is 21.4 Å². The molecule has 0 bridgehead atoms. The number of aliphatic carboxylic acids is 2. The Morgan fingerprint density at radius 2 is 1.69 bits per heavy atom. The van der Waals surface area contributed by atoms with Gasteiger partial charge in [0, 0.05) is 47.2 Å². The fourth-order valence-electron chi connectivity index (χ4n) is 7.50. The van der Waals surface area contributed by atoms with Crippen LogP contribution in [0.5, 0.6) is 0 Å². The predicted molar refractivity (Wildman–Crippen MR) is 172 cm³/mol. The highest BCUT2D eigenvalue weighted by molar-refractivity contribution is 7.80. The first-order valence-electron chi connectivity index (χ1n) is 15.5. The van der Waals surface area contributed by atoms with Gasteiger partial charge in [0.25, 0.3) is 5.91 Å². The monoisotopic (exact) mass is 637 g/mol. The number of amides is 2. The molecule has 0 aromatic rings. The van der Waals surface area contributed by atoms with E-state index >= 15 is 0 Å². The van der Waals surface area contributed by atoms with Crippen molar-refractivity contribution in [1.29, 1.82) is 0 Å². The summed E-state index contributed by atoms with van der Waals surface area (Å²) >= 11 is 4.67. The molecular formula is C33H43N5O6S. The number of nitrogens with one attached hydrogen (secondary N) is 4. The first-order chi connectivity index (χ1) is 21.2. The Kier molecular flexibility index (Phi) is 8.85. The van der Waals surface area contributed by atoms with Gasteiger partial charge in [0.2, 0.25) is 5.91 Å². The third kappa shape index (κ3) is 5.85. The molecule has 0 spiro atoms. The minimum atomic E-state index is -0.901. The zero-order valence-corrected chi connectivity index (χ0v) is 27.3. The Hall–Kier alpha value is -3.77. The Balaban J connectivity index is 1.50. The summed E-state index contributed by atoms with van der Waals surface area (Å²) in [7, 11) is 0. The molecule has 2 fully saturated rings. The van der Waals surface area contributed by atoms with Gasteiger partial charge in [0.1, 0.15) is 0 Å². The maximum atomic E-state index is 12.6. The van der Waals surface area contributed by atoms with Gasteiger partial charge in [-0.2, -0.15) is 18.1 Å². The zero-order chi connectivity index (χ0) is 33.0. The van der Waals surface area contributed by atoms with Gasteiger partial charge < -0.3 is 26.2 Å². The van der Waals surface area contributed by atoms with E-state index < -0.39 is 17.6 Å². The number of allylic oxidation sites excluding steroid dienone is 2. The summed E-state index contributed by atoms with van der Waals surface area (Å²) in [5.74, 6) is -2.18. The normalized spacial score (nSPS) is 33.2. The van der Waals surface area contributed by atoms with E-state index in [9.17, 15) is 29.4 Å². The van der Waals surface area contributed by atoms with Gasteiger partial charge in [-0.05, 0) is 80.1 Å². The second-order valence-electron chi connectivity index (χ2n) is 12.8. The van der Waals surface area contributed by atoms with Crippen LogP contribution in [0, 0.1) is 11.8 Å². The van der Waals surface area contributed by atoms with Crippen LogP contribution in [0.1, 0.15) is 66.7 Å². The lowest BCUT2D eigenvalue weighted by Gasteiger charge is -2.22. The molecule has 6 N–H and O–H groups in total. The van der Waals surface area contributed by atoms with Crippen molar-refractivity contribution in [3.8, 4) is 0 Å². The third-order valence-electron chi connectivity index (χ3n) is 10.1. The number of thiol groups is 1. The molecule has 2 unspecified atom stereocenters. The number of hydrazine groups is 1. The van der Waals surface area contributed by atoms with E-state index in [2.05, 4.69) is 40.6 Å². The highest BCUT2D eigenvalue weighted by Crippen LogP contribution is 2.52. The van der Waals surface area contributed by atoms with E-state index in [0.29, 0.717) is 24.8 Å². The fraction of sp³-hybridized carbons (Fsp3) is 0.515. The van der Waals surface area contributed by atoms with E-state index in [4.69, 9.17) is 0 Å². The van der Waals surface area contributed by atoms with Gasteiger partial charge >= 0.3 is 11.9 Å². The van der Waals surface area contributed by atoms with Gasteiger partial charge in [0.05, 0.1) is 17.8 Å². The van der Waals surface area contributed by atoms with Crippen LogP contribution in [-0.4, -0.2) is 68.0 Å². The van der Waals surface area contributed by atoms with Crippen molar-refractivity contribution in [3.05, 3.63) is 69.6 Å². The summed E-state index contributed by atoms with van der Waals surface area (Å²) in [6, 6.07) is -0.575. The second-order valence-corrected chi connectivity index (χ2v) is 13.6. The van der Waals surface area contributed by atoms with Gasteiger partial charge in [-0.3, -0.25) is 24.2 Å². The Bertz CT molecular complexity index is 1520. The molecular weight excluding hydrogens is 594 g/mol. The molecule has 242 valence electrons. The van der Waals surface area contributed by atoms with Gasteiger partial charge in [-0.1, -0.05) is 26.5 Å². The molecule has 0 aromatic carbocycles. The minimum absolute atomic E-state index is 0.0161. The minimum Gasteiger partial charge on any atom is -0.481 e. The Morgan fingerprint density at radius 1 is 1.04 bits per heavy atom. The molecule has 2 amide bonds. The van der Waals surface area contributed by atoms with Gasteiger partial charge in [-0.25, -0.2) is 0 Å². The molecule has 2 saturated heterocycles. The van der Waals surface area contributed by atoms with E-state index in [1.165, 1.54) is 0 Å². The number of carboxylic acid groups (broad SMARTS) is 2. The van der Waals surface area contributed by atoms with Crippen LogP contribution >= 0.6 is 12.6 Å². The van der Waals surface area contributed by atoms with Crippen molar-refractivity contribution in [2.75, 3.05) is 0 Å². The van der Waals surface area contributed by atoms with E-state index in [0.717, 1.165) is 39.3 Å². The summed E-state index contributed by atoms with van der Waals surface area (Å²) in [6.45, 7) is 13.5. The summed E-state index contributed by atoms with van der Waals surface area (Å²) in [5, 5.41) is 30.8. The molecule has 12 heteroatoms. The second kappa shape index (κ2) is 12.2. The first kappa shape index (κ1) is 32.6. The third-order valence-corrected chi connectivity index (χ3v) is 10.4. The number of rotatable bonds is 12. The Labute approximate surface area is 269 Å². The molecule has 5 rings (SSSR count). The molecule has 0 saturated carbocycles. The van der Waals surface area contributed by atoms with Crippen LogP contribution in [0.15, 0.2) is 69.6 Å². The van der Waals surface area contributed by atoms with E-state index in [1.807, 2.05) is 51.8 Å². The predicted octanol–water partition coefficient (Wildman–Crippen LogP) is 3.08. The highest BCUT2D eigenvalue weighted by Gasteiger charge is 2.60. The lowest BCUT2D eigenvalue weighted by molar-refractivity contribution is -0.138. The molecule has 7 atom stereocenters. The average molecular weight is 638 g/mol. The molecule has 11 nitrogen and oxygen atoms in total. The van der Waals surface area contributed by atoms with Crippen molar-refractivity contribution in [3.63, 3.8) is 0 Å². The topological polar surface area (TPSA) is 170 Å². The molecule has 5 aliphatic heterocycles. The average Bonchev–Trinajstić information content (AvgIpc) is 3.24. The van der Waals surface area contributed by atoms with Crippen molar-refractivity contribution in [2.45, 2.75) is 95.8 Å². The number of hydrogen-bond acceptors (Lipinski definition) is 8. The summed E-state index contributed by atoms with van der Waals surface area (Å²) in [4.78, 5) is 48.3. The van der Waals surface area contributed by atoms with Crippen LogP contribution in [0.2, 0.25) is 0 Å². The molecule has 0 radical (unpaired) electrons. The van der Waals surface area contributed by atoms with Crippen LogP contribution in [0.3, 0.4) is 0 Å². The van der Waals surface area contributed by atoms with Crippen molar-refractivity contribution < 1.29 is 29.4 Å². The van der Waals surface area contributed by atoms with Crippen molar-refractivity contribution in [1.82, 2.24) is 26.4 Å². The number of hydrogen-bond donors (Lipinski definition) is 7. The largest absolute Gasteiger partial charge is 0.481 e. The number of carbonyl (C=O) groups is 4. The van der Waals surface area contributed by atoms with E-state index in [1.54, 1.807) is 6.08 Å². The fourth-order valence-corrected chi connectivity index (χ4v) is 7.94. The number of fused-ring (bicyclic) bond motifs is 1. The highest BCUT2D eigenvalue weighted by atomic mass is 32.1. The van der Waals surface area contributed by atoms with Gasteiger partial charge in [-0.15, -0.1) is 0 Å². The number of nitrogens with zero attached hydrogens (tertiary/aromatic N) is 1. The van der Waals surface area contributed by atoms with Crippen LogP contribution in [-0.2, 0) is 19.2 Å². The quantitative estimate of drug-likeness (QED) is 0.126. The van der Waals surface area contributed by atoms with Crippen molar-refractivity contribution >= 4 is 36.4 Å². The summed E-state index contributed by atoms with van der Waals surface area (Å²) in [5.41, 5.74) is 9.60. The smallest absolute Gasteiger partial charge is 0.303 e. The molecule has 5 aliphatic rings. The van der Waals surface area contributed by atoms with E-state index in [-0.39, 0.29) is 59.9 Å². The SMILES string of the molecule is C=CC1=C(C)[C@@H](CC2N/C(=C\[C@@]34NN3/C(=C/C3NC(=O)[C@H](C)[C@H]3[C@@H](C)S)C(C)=C4CCC(=O)O)C(CCC(=O)O)=C2C)NC1=O.